The lowest BCUT2D eigenvalue weighted by molar-refractivity contribution is 0.0697. The molecule has 0 spiro atoms. The van der Waals surface area contributed by atoms with E-state index in [-0.39, 0.29) is 23.4 Å². The molecule has 106 valence electrons. The first-order valence-corrected chi connectivity index (χ1v) is 6.21. The fourth-order valence-corrected chi connectivity index (χ4v) is 1.79. The van der Waals surface area contributed by atoms with Crippen LogP contribution >= 0.6 is 0 Å². The van der Waals surface area contributed by atoms with E-state index in [4.69, 9.17) is 5.11 Å². The van der Waals surface area contributed by atoms with E-state index in [2.05, 4.69) is 10.3 Å². The molecule has 1 heterocycles. The zero-order valence-corrected chi connectivity index (χ0v) is 11.1. The van der Waals surface area contributed by atoms with E-state index in [0.717, 1.165) is 25.1 Å². The molecule has 0 saturated carbocycles. The minimum absolute atomic E-state index is 0.00337. The Bertz CT molecular complexity index is 439. The van der Waals surface area contributed by atoms with Crippen molar-refractivity contribution in [2.75, 3.05) is 18.5 Å². The van der Waals surface area contributed by atoms with E-state index in [9.17, 15) is 14.3 Å². The van der Waals surface area contributed by atoms with Gasteiger partial charge in [-0.25, -0.2) is 14.2 Å². The third-order valence-electron chi connectivity index (χ3n) is 3.55. The Labute approximate surface area is 111 Å². The number of hydrogen-bond donors (Lipinski definition) is 3. The van der Waals surface area contributed by atoms with E-state index >= 15 is 0 Å². The van der Waals surface area contributed by atoms with Crippen molar-refractivity contribution < 1.29 is 19.4 Å². The van der Waals surface area contributed by atoms with Gasteiger partial charge in [0, 0.05) is 12.0 Å². The molecule has 0 bridgehead atoms. The number of halogens is 1. The van der Waals surface area contributed by atoms with Gasteiger partial charge in [-0.05, 0) is 18.9 Å². The summed E-state index contributed by atoms with van der Waals surface area (Å²) in [4.78, 5) is 14.8. The summed E-state index contributed by atoms with van der Waals surface area (Å²) in [6.45, 7) is 4.29. The van der Waals surface area contributed by atoms with Crippen molar-refractivity contribution in [2.45, 2.75) is 26.7 Å². The molecule has 0 aromatic carbocycles. The summed E-state index contributed by atoms with van der Waals surface area (Å²) in [5.74, 6) is -1.81. The molecule has 1 rings (SSSR count). The predicted octanol–water partition coefficient (Wildman–Crippen LogP) is 2.13. The number of nitrogens with zero attached hydrogens (tertiary/aromatic N) is 1. The second kappa shape index (κ2) is 6.47. The Morgan fingerprint density at radius 3 is 2.58 bits per heavy atom. The summed E-state index contributed by atoms with van der Waals surface area (Å²) < 4.78 is 13.0. The second-order valence-electron chi connectivity index (χ2n) is 4.57. The van der Waals surface area contributed by atoms with Crippen LogP contribution in [0.5, 0.6) is 0 Å². The van der Waals surface area contributed by atoms with Gasteiger partial charge in [0.1, 0.15) is 17.2 Å². The second-order valence-corrected chi connectivity index (χ2v) is 4.57. The summed E-state index contributed by atoms with van der Waals surface area (Å²) in [5.41, 5.74) is -0.537. The Hall–Kier alpha value is -1.69. The summed E-state index contributed by atoms with van der Waals surface area (Å²) >= 11 is 0. The number of carboxylic acids is 1. The highest BCUT2D eigenvalue weighted by atomic mass is 19.1. The number of rotatable bonds is 7. The highest BCUT2D eigenvalue weighted by molar-refractivity contribution is 5.93. The van der Waals surface area contributed by atoms with E-state index in [0.29, 0.717) is 6.54 Å². The highest BCUT2D eigenvalue weighted by Gasteiger charge is 2.26. The molecule has 0 aliphatic rings. The number of carbonyl (C=O) groups is 1. The van der Waals surface area contributed by atoms with Crippen LogP contribution in [0.1, 0.15) is 37.0 Å². The first-order valence-electron chi connectivity index (χ1n) is 6.21. The van der Waals surface area contributed by atoms with Crippen LogP contribution in [0.4, 0.5) is 10.2 Å². The van der Waals surface area contributed by atoms with Gasteiger partial charge >= 0.3 is 5.97 Å². The molecule has 19 heavy (non-hydrogen) atoms. The topological polar surface area (TPSA) is 82.5 Å². The van der Waals surface area contributed by atoms with Gasteiger partial charge in [0.2, 0.25) is 0 Å². The molecule has 0 saturated heterocycles. The van der Waals surface area contributed by atoms with E-state index in [1.54, 1.807) is 0 Å². The molecule has 1 aromatic rings. The summed E-state index contributed by atoms with van der Waals surface area (Å²) in [5, 5.41) is 21.3. The molecule has 0 radical (unpaired) electrons. The summed E-state index contributed by atoms with van der Waals surface area (Å²) in [6, 6.07) is 0.927. The minimum atomic E-state index is -1.24. The number of aliphatic hydroxyl groups excluding tert-OH is 1. The van der Waals surface area contributed by atoms with Gasteiger partial charge < -0.3 is 15.5 Å². The third-order valence-corrected chi connectivity index (χ3v) is 3.55. The van der Waals surface area contributed by atoms with Crippen molar-refractivity contribution in [1.29, 1.82) is 0 Å². The zero-order chi connectivity index (χ0) is 14.5. The van der Waals surface area contributed by atoms with Crippen molar-refractivity contribution in [3.63, 3.8) is 0 Å². The maximum absolute atomic E-state index is 13.0. The molecule has 1 aromatic heterocycles. The first kappa shape index (κ1) is 15.4. The Kier molecular flexibility index (Phi) is 5.23. The number of aliphatic hydroxyl groups is 1. The number of hydrogen-bond acceptors (Lipinski definition) is 4. The fraction of sp³-hybridized carbons (Fsp3) is 0.538. The number of pyridine rings is 1. The van der Waals surface area contributed by atoms with Crippen molar-refractivity contribution in [2.24, 2.45) is 5.41 Å². The minimum Gasteiger partial charge on any atom is -0.478 e. The normalized spacial score (nSPS) is 11.4. The Morgan fingerprint density at radius 2 is 2.11 bits per heavy atom. The fourth-order valence-electron chi connectivity index (χ4n) is 1.79. The van der Waals surface area contributed by atoms with Gasteiger partial charge in [-0.3, -0.25) is 0 Å². The van der Waals surface area contributed by atoms with Crippen molar-refractivity contribution in [3.05, 3.63) is 23.6 Å². The molecule has 0 atom stereocenters. The lowest BCUT2D eigenvalue weighted by Gasteiger charge is -2.29. The predicted molar refractivity (Wildman–Crippen MR) is 69.7 cm³/mol. The molecule has 0 aliphatic heterocycles. The smallest absolute Gasteiger partial charge is 0.339 e. The SMILES string of the molecule is CCC(CC)(CO)CNc1ncc(F)cc1C(=O)O. The lowest BCUT2D eigenvalue weighted by atomic mass is 9.83. The standard InChI is InChI=1S/C13H19FN2O3/c1-3-13(4-2,8-17)7-16-11-10(12(18)19)5-9(14)6-15-11/h5-6,17H,3-4,7-8H2,1-2H3,(H,15,16)(H,18,19). The maximum Gasteiger partial charge on any atom is 0.339 e. The van der Waals surface area contributed by atoms with Crippen molar-refractivity contribution in [3.8, 4) is 0 Å². The summed E-state index contributed by atoms with van der Waals surface area (Å²) in [6.07, 6.45) is 2.46. The number of aromatic carboxylic acids is 1. The maximum atomic E-state index is 13.0. The van der Waals surface area contributed by atoms with Crippen LogP contribution in [0.3, 0.4) is 0 Å². The number of nitrogens with one attached hydrogen (secondary N) is 1. The van der Waals surface area contributed by atoms with Gasteiger partial charge in [-0.2, -0.15) is 0 Å². The van der Waals surface area contributed by atoms with Gasteiger partial charge in [0.05, 0.1) is 12.8 Å². The average Bonchev–Trinajstić information content (AvgIpc) is 2.42. The third kappa shape index (κ3) is 3.64. The van der Waals surface area contributed by atoms with Crippen molar-refractivity contribution in [1.82, 2.24) is 4.98 Å². The molecule has 0 aliphatic carbocycles. The van der Waals surface area contributed by atoms with Crippen LogP contribution in [0, 0.1) is 11.2 Å². The van der Waals surface area contributed by atoms with Crippen LogP contribution in [-0.4, -0.2) is 34.3 Å². The van der Waals surface area contributed by atoms with Gasteiger partial charge in [0.15, 0.2) is 0 Å². The van der Waals surface area contributed by atoms with Crippen LogP contribution in [0.25, 0.3) is 0 Å². The average molecular weight is 270 g/mol. The number of aromatic nitrogens is 1. The quantitative estimate of drug-likeness (QED) is 0.707. The largest absolute Gasteiger partial charge is 0.478 e. The molecular weight excluding hydrogens is 251 g/mol. The monoisotopic (exact) mass is 270 g/mol. The summed E-state index contributed by atoms with van der Waals surface area (Å²) in [7, 11) is 0. The van der Waals surface area contributed by atoms with Gasteiger partial charge in [-0.15, -0.1) is 0 Å². The molecule has 0 amide bonds. The lowest BCUT2D eigenvalue weighted by Crippen LogP contribution is -2.33. The van der Waals surface area contributed by atoms with E-state index in [1.165, 1.54) is 0 Å². The molecule has 0 fully saturated rings. The zero-order valence-electron chi connectivity index (χ0n) is 11.1. The molecule has 6 heteroatoms. The molecule has 0 unspecified atom stereocenters. The van der Waals surface area contributed by atoms with Crippen LogP contribution in [0.15, 0.2) is 12.3 Å². The Balaban J connectivity index is 2.91. The molecule has 5 nitrogen and oxygen atoms in total. The first-order chi connectivity index (χ1) is 8.98. The van der Waals surface area contributed by atoms with Crippen LogP contribution in [0.2, 0.25) is 0 Å². The van der Waals surface area contributed by atoms with E-state index < -0.39 is 11.8 Å². The highest BCUT2D eigenvalue weighted by Crippen LogP contribution is 2.26. The molecule has 3 N–H and O–H groups in total. The number of anilines is 1. The van der Waals surface area contributed by atoms with Crippen LogP contribution < -0.4 is 5.32 Å². The van der Waals surface area contributed by atoms with Crippen molar-refractivity contribution >= 4 is 11.8 Å². The van der Waals surface area contributed by atoms with Crippen LogP contribution in [-0.2, 0) is 0 Å². The molecular formula is C13H19FN2O3. The van der Waals surface area contributed by atoms with Gasteiger partial charge in [0.25, 0.3) is 0 Å². The van der Waals surface area contributed by atoms with Gasteiger partial charge in [-0.1, -0.05) is 13.8 Å². The van der Waals surface area contributed by atoms with E-state index in [1.807, 2.05) is 13.8 Å². The Morgan fingerprint density at radius 1 is 1.47 bits per heavy atom. The number of carboxylic acid groups (broad SMARTS) is 1.